The second-order valence-corrected chi connectivity index (χ2v) is 32.6. The molecule has 19 heteroatoms. The van der Waals surface area contributed by atoms with Crippen molar-refractivity contribution in [1.82, 2.24) is 0 Å². The van der Waals surface area contributed by atoms with Crippen molar-refractivity contribution < 1.29 is 80.2 Å². The topological polar surface area (TPSA) is 237 Å². The molecule has 0 amide bonds. The summed E-state index contributed by atoms with van der Waals surface area (Å²) >= 11 is 0. The highest BCUT2D eigenvalue weighted by molar-refractivity contribution is 7.47. The maximum Gasteiger partial charge on any atom is 0.472 e. The van der Waals surface area contributed by atoms with E-state index < -0.39 is 97.5 Å². The van der Waals surface area contributed by atoms with Gasteiger partial charge in [0.05, 0.1) is 26.4 Å². The molecule has 0 fully saturated rings. The molecule has 0 aromatic heterocycles. The number of rotatable bonds is 74. The standard InChI is InChI=1S/C77H150O17P2/c1-67(2)53-45-37-29-21-17-15-13-11-9-10-12-14-16-18-24-35-43-51-59-76(81)93-72(63-87-74(79)57-49-41-33-25-19-22-30-38-46-54-68(3)4)65-91-95(83,84)89-61-71(78)62-90-96(85,86)92-66-73(64-88-75(80)58-50-42-34-28-27-32-40-48-56-70(7)8)94-77(82)60-52-44-36-26-20-23-31-39-47-55-69(5)6/h67-73,78H,9-66H2,1-8H3,(H,83,84)(H,85,86)/t71?,72-,73-/m1/s1. The fourth-order valence-corrected chi connectivity index (χ4v) is 13.3. The quantitative estimate of drug-likeness (QED) is 0.0222. The van der Waals surface area contributed by atoms with Crippen molar-refractivity contribution in [2.75, 3.05) is 39.6 Å². The minimum Gasteiger partial charge on any atom is -0.462 e. The second-order valence-electron chi connectivity index (χ2n) is 29.7. The first-order valence-corrected chi connectivity index (χ1v) is 42.7. The van der Waals surface area contributed by atoms with Crippen LogP contribution >= 0.6 is 15.6 Å². The third-order valence-corrected chi connectivity index (χ3v) is 19.7. The number of hydrogen-bond acceptors (Lipinski definition) is 15. The minimum absolute atomic E-state index is 0.104. The average molecular weight is 1410 g/mol. The Bertz CT molecular complexity index is 1880. The van der Waals surface area contributed by atoms with Gasteiger partial charge in [0, 0.05) is 25.7 Å². The van der Waals surface area contributed by atoms with Gasteiger partial charge in [-0.25, -0.2) is 9.13 Å². The molecule has 0 bridgehead atoms. The van der Waals surface area contributed by atoms with Crippen LogP contribution in [0, 0.1) is 23.7 Å². The Morgan fingerprint density at radius 1 is 0.260 bits per heavy atom. The first kappa shape index (κ1) is 94.1. The first-order chi connectivity index (χ1) is 46.1. The van der Waals surface area contributed by atoms with Crippen LogP contribution in [0.2, 0.25) is 0 Å². The molecule has 17 nitrogen and oxygen atoms in total. The number of unbranched alkanes of at least 4 members (excludes halogenated alkanes) is 40. The molecule has 0 radical (unpaired) electrons. The molecule has 0 heterocycles. The van der Waals surface area contributed by atoms with Crippen molar-refractivity contribution in [2.24, 2.45) is 23.7 Å². The molecule has 3 unspecified atom stereocenters. The predicted molar refractivity (Wildman–Crippen MR) is 391 cm³/mol. The van der Waals surface area contributed by atoms with Gasteiger partial charge in [-0.15, -0.1) is 0 Å². The highest BCUT2D eigenvalue weighted by atomic mass is 31.2. The summed E-state index contributed by atoms with van der Waals surface area (Å²) in [6.45, 7) is 14.2. The van der Waals surface area contributed by atoms with Crippen LogP contribution < -0.4 is 0 Å². The fourth-order valence-electron chi connectivity index (χ4n) is 11.7. The van der Waals surface area contributed by atoms with Crippen molar-refractivity contribution in [2.45, 2.75) is 408 Å². The van der Waals surface area contributed by atoms with E-state index in [1.165, 1.54) is 193 Å². The van der Waals surface area contributed by atoms with Gasteiger partial charge in [0.2, 0.25) is 0 Å². The van der Waals surface area contributed by atoms with Crippen LogP contribution in [0.3, 0.4) is 0 Å². The van der Waals surface area contributed by atoms with Crippen molar-refractivity contribution in [1.29, 1.82) is 0 Å². The lowest BCUT2D eigenvalue weighted by atomic mass is 10.0. The van der Waals surface area contributed by atoms with Crippen LogP contribution in [0.1, 0.15) is 389 Å². The molecule has 0 spiro atoms. The van der Waals surface area contributed by atoms with E-state index in [4.69, 9.17) is 37.0 Å². The van der Waals surface area contributed by atoms with Gasteiger partial charge in [-0.2, -0.15) is 0 Å². The van der Waals surface area contributed by atoms with E-state index in [1.807, 2.05) is 0 Å². The summed E-state index contributed by atoms with van der Waals surface area (Å²) in [5.41, 5.74) is 0. The first-order valence-electron chi connectivity index (χ1n) is 39.7. The third-order valence-electron chi connectivity index (χ3n) is 17.8. The summed E-state index contributed by atoms with van der Waals surface area (Å²) < 4.78 is 68.5. The Labute approximate surface area is 588 Å². The molecule has 0 saturated heterocycles. The molecule has 0 aliphatic rings. The van der Waals surface area contributed by atoms with E-state index in [2.05, 4.69) is 55.4 Å². The molecule has 0 aliphatic heterocycles. The van der Waals surface area contributed by atoms with E-state index in [9.17, 15) is 43.2 Å². The van der Waals surface area contributed by atoms with Crippen molar-refractivity contribution in [3.05, 3.63) is 0 Å². The number of ether oxygens (including phenoxy) is 4. The van der Waals surface area contributed by atoms with Crippen molar-refractivity contribution >= 4 is 39.5 Å². The van der Waals surface area contributed by atoms with Crippen LogP contribution in [0.15, 0.2) is 0 Å². The van der Waals surface area contributed by atoms with E-state index in [1.54, 1.807) is 0 Å². The van der Waals surface area contributed by atoms with Gasteiger partial charge in [0.15, 0.2) is 12.2 Å². The van der Waals surface area contributed by atoms with Gasteiger partial charge in [0.25, 0.3) is 0 Å². The molecular weight excluding hydrogens is 1260 g/mol. The molecule has 3 N–H and O–H groups in total. The molecule has 570 valence electrons. The summed E-state index contributed by atoms with van der Waals surface area (Å²) in [5.74, 6) is 0.905. The zero-order valence-electron chi connectivity index (χ0n) is 63.0. The van der Waals surface area contributed by atoms with E-state index in [0.29, 0.717) is 25.7 Å². The molecular formula is C77H150O17P2. The summed E-state index contributed by atoms with van der Waals surface area (Å²) in [5, 5.41) is 10.6. The number of aliphatic hydroxyl groups excluding tert-OH is 1. The van der Waals surface area contributed by atoms with E-state index in [0.717, 1.165) is 114 Å². The maximum atomic E-state index is 13.1. The molecule has 0 aromatic rings. The number of phosphoric acid groups is 2. The Balaban J connectivity index is 5.21. The lowest BCUT2D eigenvalue weighted by molar-refractivity contribution is -0.161. The molecule has 96 heavy (non-hydrogen) atoms. The molecule has 0 aromatic carbocycles. The summed E-state index contributed by atoms with van der Waals surface area (Å²) in [4.78, 5) is 72.8. The molecule has 0 aliphatic carbocycles. The van der Waals surface area contributed by atoms with Crippen LogP contribution in [0.25, 0.3) is 0 Å². The molecule has 0 saturated carbocycles. The highest BCUT2D eigenvalue weighted by Crippen LogP contribution is 2.45. The Kier molecular flexibility index (Phi) is 65.0. The normalized spacial score (nSPS) is 14.1. The smallest absolute Gasteiger partial charge is 0.462 e. The third kappa shape index (κ3) is 70.5. The van der Waals surface area contributed by atoms with Crippen molar-refractivity contribution in [3.63, 3.8) is 0 Å². The van der Waals surface area contributed by atoms with Crippen LogP contribution in [-0.2, 0) is 65.4 Å². The van der Waals surface area contributed by atoms with Gasteiger partial charge >= 0.3 is 39.5 Å². The highest BCUT2D eigenvalue weighted by Gasteiger charge is 2.30. The monoisotopic (exact) mass is 1410 g/mol. The lowest BCUT2D eigenvalue weighted by Gasteiger charge is -2.21. The van der Waals surface area contributed by atoms with Gasteiger partial charge in [-0.05, 0) is 49.4 Å². The zero-order chi connectivity index (χ0) is 71.0. The Morgan fingerprint density at radius 2 is 0.438 bits per heavy atom. The SMILES string of the molecule is CC(C)CCCCCCCCCCCCCCCCCCCCC(=O)O[C@H](COC(=O)CCCCCCCCCCCC(C)C)COP(=O)(O)OCC(O)COP(=O)(O)OC[C@@H](COC(=O)CCCCCCCCCCC(C)C)OC(=O)CCCCCCCCCCCC(C)C. The summed E-state index contributed by atoms with van der Waals surface area (Å²) in [6, 6.07) is 0. The molecule has 5 atom stereocenters. The van der Waals surface area contributed by atoms with Crippen LogP contribution in [0.5, 0.6) is 0 Å². The van der Waals surface area contributed by atoms with Gasteiger partial charge < -0.3 is 33.8 Å². The van der Waals surface area contributed by atoms with Gasteiger partial charge in [-0.3, -0.25) is 37.3 Å². The number of phosphoric ester groups is 2. The number of esters is 4. The fraction of sp³-hybridized carbons (Fsp3) is 0.948. The van der Waals surface area contributed by atoms with Gasteiger partial charge in [-0.1, -0.05) is 338 Å². The Morgan fingerprint density at radius 3 is 0.646 bits per heavy atom. The number of hydrogen-bond donors (Lipinski definition) is 3. The van der Waals surface area contributed by atoms with Gasteiger partial charge in [0.1, 0.15) is 19.3 Å². The number of aliphatic hydroxyl groups is 1. The average Bonchev–Trinajstić information content (AvgIpc) is 1.17. The van der Waals surface area contributed by atoms with Crippen LogP contribution in [0.4, 0.5) is 0 Å². The number of carbonyl (C=O) groups excluding carboxylic acids is 4. The van der Waals surface area contributed by atoms with E-state index in [-0.39, 0.29) is 25.7 Å². The Hall–Kier alpha value is -1.94. The zero-order valence-corrected chi connectivity index (χ0v) is 64.8. The number of carbonyl (C=O) groups is 4. The van der Waals surface area contributed by atoms with E-state index >= 15 is 0 Å². The summed E-state index contributed by atoms with van der Waals surface area (Å²) in [6.07, 6.45) is 51.5. The maximum absolute atomic E-state index is 13.1. The predicted octanol–water partition coefficient (Wildman–Crippen LogP) is 22.4. The second kappa shape index (κ2) is 66.3. The minimum atomic E-state index is -4.96. The molecule has 0 rings (SSSR count). The van der Waals surface area contributed by atoms with Crippen LogP contribution in [-0.4, -0.2) is 96.7 Å². The van der Waals surface area contributed by atoms with Crippen molar-refractivity contribution in [3.8, 4) is 0 Å². The lowest BCUT2D eigenvalue weighted by Crippen LogP contribution is -2.30. The summed E-state index contributed by atoms with van der Waals surface area (Å²) in [7, 11) is -9.91. The largest absolute Gasteiger partial charge is 0.472 e.